The van der Waals surface area contributed by atoms with Gasteiger partial charge >= 0.3 is 0 Å². The van der Waals surface area contributed by atoms with Crippen LogP contribution in [0.15, 0.2) is 90.1 Å². The highest BCUT2D eigenvalue weighted by Crippen LogP contribution is 2.33. The third kappa shape index (κ3) is 5.05. The van der Waals surface area contributed by atoms with Crippen molar-refractivity contribution < 1.29 is 21.0 Å². The van der Waals surface area contributed by atoms with Gasteiger partial charge in [-0.1, -0.05) is 66.2 Å². The van der Waals surface area contributed by atoms with Gasteiger partial charge in [-0.2, -0.15) is 8.42 Å². The molecule has 0 bridgehead atoms. The zero-order chi connectivity index (χ0) is 23.6. The summed E-state index contributed by atoms with van der Waals surface area (Å²) in [7, 11) is -7.37. The number of nitrogens with zero attached hydrogens (tertiary/aromatic N) is 2. The zero-order valence-electron chi connectivity index (χ0n) is 18.0. The summed E-state index contributed by atoms with van der Waals surface area (Å²) in [5.41, 5.74) is 3.94. The summed E-state index contributed by atoms with van der Waals surface area (Å²) in [5.74, 6) is 0.302. The van der Waals surface area contributed by atoms with Gasteiger partial charge in [0.1, 0.15) is 0 Å². The quantitative estimate of drug-likeness (QED) is 0.366. The molecule has 33 heavy (non-hydrogen) atoms. The molecule has 0 radical (unpaired) electrons. The van der Waals surface area contributed by atoms with Gasteiger partial charge in [0.05, 0.1) is 17.8 Å². The second-order valence-corrected chi connectivity index (χ2v) is 11.0. The normalized spacial score (nSPS) is 12.1. The van der Waals surface area contributed by atoms with Crippen molar-refractivity contribution in [1.29, 1.82) is 0 Å². The molecule has 0 aliphatic heterocycles. The monoisotopic (exact) mass is 482 g/mol. The van der Waals surface area contributed by atoms with E-state index in [0.717, 1.165) is 22.9 Å². The SMILES string of the molecule is Cc1ccc(S(=O)(=O)n2ccnc2-c2ccccc2-c2ccc(COS(C)(=O)=O)cc2)cc1. The van der Waals surface area contributed by atoms with E-state index in [9.17, 15) is 16.8 Å². The van der Waals surface area contributed by atoms with Crippen molar-refractivity contribution in [3.05, 3.63) is 96.3 Å². The molecule has 0 aliphatic carbocycles. The van der Waals surface area contributed by atoms with Crippen molar-refractivity contribution in [2.45, 2.75) is 18.4 Å². The maximum absolute atomic E-state index is 13.3. The Kier molecular flexibility index (Phi) is 6.20. The van der Waals surface area contributed by atoms with E-state index in [2.05, 4.69) is 4.98 Å². The average molecular weight is 483 g/mol. The molecule has 1 aromatic heterocycles. The summed E-state index contributed by atoms with van der Waals surface area (Å²) in [5, 5.41) is 0. The summed E-state index contributed by atoms with van der Waals surface area (Å²) in [6.07, 6.45) is 3.90. The Bertz CT molecular complexity index is 1490. The van der Waals surface area contributed by atoms with Crippen molar-refractivity contribution in [1.82, 2.24) is 8.96 Å². The number of benzene rings is 3. The Labute approximate surface area is 193 Å². The first kappa shape index (κ1) is 22.9. The van der Waals surface area contributed by atoms with E-state index in [4.69, 9.17) is 4.18 Å². The van der Waals surface area contributed by atoms with Crippen LogP contribution in [-0.2, 0) is 30.9 Å². The molecule has 0 saturated carbocycles. The van der Waals surface area contributed by atoms with Gasteiger partial charge in [0.2, 0.25) is 0 Å². The van der Waals surface area contributed by atoms with Crippen molar-refractivity contribution >= 4 is 20.1 Å². The molecule has 0 aliphatic rings. The molecule has 0 saturated heterocycles. The predicted octanol–water partition coefficient (Wildman–Crippen LogP) is 4.24. The Morgan fingerprint density at radius 1 is 0.848 bits per heavy atom. The summed E-state index contributed by atoms with van der Waals surface area (Å²) < 4.78 is 55.1. The van der Waals surface area contributed by atoms with Gasteiger partial charge in [-0.15, -0.1) is 0 Å². The maximum Gasteiger partial charge on any atom is 0.269 e. The minimum atomic E-state index is -3.84. The van der Waals surface area contributed by atoms with Crippen molar-refractivity contribution in [2.24, 2.45) is 0 Å². The topological polar surface area (TPSA) is 95.3 Å². The van der Waals surface area contributed by atoms with Crippen LogP contribution in [0.2, 0.25) is 0 Å². The molecule has 0 atom stereocenters. The maximum atomic E-state index is 13.3. The Hall–Kier alpha value is -3.27. The van der Waals surface area contributed by atoms with Gasteiger partial charge in [-0.05, 0) is 35.7 Å². The van der Waals surface area contributed by atoms with Gasteiger partial charge in [0.15, 0.2) is 5.82 Å². The Morgan fingerprint density at radius 2 is 1.48 bits per heavy atom. The van der Waals surface area contributed by atoms with Crippen LogP contribution in [0, 0.1) is 6.92 Å². The van der Waals surface area contributed by atoms with Crippen molar-refractivity contribution in [2.75, 3.05) is 6.26 Å². The lowest BCUT2D eigenvalue weighted by Crippen LogP contribution is -2.13. The van der Waals surface area contributed by atoms with Gasteiger partial charge in [0.25, 0.3) is 20.1 Å². The van der Waals surface area contributed by atoms with Gasteiger partial charge < -0.3 is 0 Å². The van der Waals surface area contributed by atoms with Crippen LogP contribution in [0.1, 0.15) is 11.1 Å². The molecule has 0 fully saturated rings. The molecule has 7 nitrogen and oxygen atoms in total. The number of imidazole rings is 1. The van der Waals surface area contributed by atoms with Crippen LogP contribution in [0.25, 0.3) is 22.5 Å². The van der Waals surface area contributed by atoms with Crippen LogP contribution in [-0.4, -0.2) is 32.0 Å². The molecule has 0 unspecified atom stereocenters. The molecule has 0 N–H and O–H groups in total. The summed E-state index contributed by atoms with van der Waals surface area (Å²) in [6.45, 7) is 1.84. The lowest BCUT2D eigenvalue weighted by Gasteiger charge is -2.13. The molecular formula is C24H22N2O5S2. The number of rotatable bonds is 7. The molecule has 170 valence electrons. The summed E-state index contributed by atoms with van der Waals surface area (Å²) in [4.78, 5) is 4.53. The highest BCUT2D eigenvalue weighted by molar-refractivity contribution is 7.90. The standard InChI is InChI=1S/C24H22N2O5S2/c1-18-7-13-21(14-8-18)33(29,30)26-16-15-25-24(26)23-6-4-3-5-22(23)20-11-9-19(10-12-20)17-31-32(2,27)28/h3-16H,17H2,1-2H3. The lowest BCUT2D eigenvalue weighted by atomic mass is 9.98. The van der Waals surface area contributed by atoms with Gasteiger partial charge in [-0.25, -0.2) is 17.4 Å². The number of hydrogen-bond acceptors (Lipinski definition) is 6. The van der Waals surface area contributed by atoms with Gasteiger partial charge in [0, 0.05) is 18.0 Å². The van der Waals surface area contributed by atoms with Crippen LogP contribution < -0.4 is 0 Å². The van der Waals surface area contributed by atoms with Crippen LogP contribution >= 0.6 is 0 Å². The third-order valence-electron chi connectivity index (χ3n) is 5.06. The molecule has 0 amide bonds. The minimum Gasteiger partial charge on any atom is -0.265 e. The largest absolute Gasteiger partial charge is 0.269 e. The van der Waals surface area contributed by atoms with E-state index >= 15 is 0 Å². The van der Waals surface area contributed by atoms with E-state index in [1.165, 1.54) is 16.4 Å². The van der Waals surface area contributed by atoms with E-state index in [-0.39, 0.29) is 11.5 Å². The first-order valence-electron chi connectivity index (χ1n) is 10.0. The summed E-state index contributed by atoms with van der Waals surface area (Å²) >= 11 is 0. The lowest BCUT2D eigenvalue weighted by molar-refractivity contribution is 0.311. The first-order chi connectivity index (χ1) is 15.6. The fourth-order valence-corrected chi connectivity index (χ4v) is 5.03. The molecule has 3 aromatic carbocycles. The van der Waals surface area contributed by atoms with Crippen molar-refractivity contribution in [3.63, 3.8) is 0 Å². The number of hydrogen-bond donors (Lipinski definition) is 0. The highest BCUT2D eigenvalue weighted by Gasteiger charge is 2.22. The smallest absolute Gasteiger partial charge is 0.265 e. The zero-order valence-corrected chi connectivity index (χ0v) is 19.7. The Morgan fingerprint density at radius 3 is 2.12 bits per heavy atom. The fourth-order valence-electron chi connectivity index (χ4n) is 3.38. The number of aryl methyl sites for hydroxylation is 1. The predicted molar refractivity (Wildman–Crippen MR) is 126 cm³/mol. The van der Waals surface area contributed by atoms with E-state index in [1.807, 2.05) is 43.3 Å². The van der Waals surface area contributed by atoms with Crippen LogP contribution in [0.5, 0.6) is 0 Å². The fraction of sp³-hybridized carbons (Fsp3) is 0.125. The van der Waals surface area contributed by atoms with Gasteiger partial charge in [-0.3, -0.25) is 4.18 Å². The minimum absolute atomic E-state index is 0.0556. The molecule has 1 heterocycles. The molecule has 4 rings (SSSR count). The van der Waals surface area contributed by atoms with Crippen LogP contribution in [0.3, 0.4) is 0 Å². The Balaban J connectivity index is 1.73. The first-order valence-corrected chi connectivity index (χ1v) is 13.3. The molecule has 0 spiro atoms. The molecular weight excluding hydrogens is 460 g/mol. The van der Waals surface area contributed by atoms with Crippen molar-refractivity contribution in [3.8, 4) is 22.5 Å². The van der Waals surface area contributed by atoms with Crippen LogP contribution in [0.4, 0.5) is 0 Å². The highest BCUT2D eigenvalue weighted by atomic mass is 32.2. The third-order valence-corrected chi connectivity index (χ3v) is 7.28. The van der Waals surface area contributed by atoms with E-state index < -0.39 is 20.1 Å². The average Bonchev–Trinajstić information content (AvgIpc) is 3.29. The van der Waals surface area contributed by atoms with E-state index in [1.54, 1.807) is 36.4 Å². The summed E-state index contributed by atoms with van der Waals surface area (Å²) in [6, 6.07) is 21.3. The number of aromatic nitrogens is 2. The second-order valence-electron chi connectivity index (χ2n) is 7.57. The van der Waals surface area contributed by atoms with E-state index in [0.29, 0.717) is 17.0 Å². The molecule has 9 heteroatoms. The second kappa shape index (κ2) is 8.93. The molecule has 4 aromatic rings.